The molecule has 0 saturated heterocycles. The van der Waals surface area contributed by atoms with Crippen LogP contribution in [0.2, 0.25) is 0 Å². The minimum Gasteiger partial charge on any atom is -0.484 e. The highest BCUT2D eigenvalue weighted by Crippen LogP contribution is 2.32. The second-order valence-corrected chi connectivity index (χ2v) is 8.36. The quantitative estimate of drug-likeness (QED) is 0.540. The predicted molar refractivity (Wildman–Crippen MR) is 121 cm³/mol. The molecule has 9 heteroatoms. The molecule has 1 atom stereocenters. The molecular weight excluding hydrogens is 422 g/mol. The number of carboxylic acid groups (broad SMARTS) is 1. The van der Waals surface area contributed by atoms with Crippen molar-refractivity contribution in [1.29, 1.82) is 0 Å². The molecule has 0 aliphatic carbocycles. The molecule has 3 aromatic heterocycles. The molecule has 0 aromatic carbocycles. The lowest BCUT2D eigenvalue weighted by atomic mass is 10.1. The summed E-state index contributed by atoms with van der Waals surface area (Å²) in [6, 6.07) is 7.56. The van der Waals surface area contributed by atoms with Crippen molar-refractivity contribution in [2.75, 3.05) is 25.1 Å². The van der Waals surface area contributed by atoms with Crippen LogP contribution in [0.15, 0.2) is 36.7 Å². The highest BCUT2D eigenvalue weighted by atomic mass is 16.6. The van der Waals surface area contributed by atoms with E-state index in [-0.39, 0.29) is 6.42 Å². The number of nitrogens with one attached hydrogen (secondary N) is 1. The van der Waals surface area contributed by atoms with Crippen molar-refractivity contribution >= 4 is 11.8 Å². The molecular formula is C24H27N5O4. The van der Waals surface area contributed by atoms with Crippen molar-refractivity contribution in [3.63, 3.8) is 0 Å². The van der Waals surface area contributed by atoms with Crippen LogP contribution >= 0.6 is 0 Å². The van der Waals surface area contributed by atoms with Gasteiger partial charge in [-0.2, -0.15) is 5.10 Å². The Hall–Kier alpha value is -3.62. The smallest absolute Gasteiger partial charge is 0.305 e. The number of carboxylic acids is 1. The first-order valence-corrected chi connectivity index (χ1v) is 11.4. The van der Waals surface area contributed by atoms with Crippen LogP contribution in [0.3, 0.4) is 0 Å². The second kappa shape index (κ2) is 9.48. The van der Waals surface area contributed by atoms with Crippen LogP contribution in [0.5, 0.6) is 11.6 Å². The average molecular weight is 450 g/mol. The summed E-state index contributed by atoms with van der Waals surface area (Å²) in [5.74, 6) is 1.09. The van der Waals surface area contributed by atoms with Crippen LogP contribution in [0, 0.1) is 0 Å². The zero-order valence-electron chi connectivity index (χ0n) is 18.4. The Morgan fingerprint density at radius 1 is 1.18 bits per heavy atom. The van der Waals surface area contributed by atoms with E-state index in [0.29, 0.717) is 24.8 Å². The zero-order valence-corrected chi connectivity index (χ0v) is 18.4. The van der Waals surface area contributed by atoms with Crippen molar-refractivity contribution in [3.8, 4) is 11.6 Å². The molecule has 33 heavy (non-hydrogen) atoms. The number of nitrogens with zero attached hydrogens (tertiary/aromatic N) is 4. The van der Waals surface area contributed by atoms with E-state index in [1.54, 1.807) is 16.9 Å². The summed E-state index contributed by atoms with van der Waals surface area (Å²) in [6.07, 6.45) is 8.18. The largest absolute Gasteiger partial charge is 0.484 e. The molecule has 2 aliphatic rings. The maximum Gasteiger partial charge on any atom is 0.305 e. The lowest BCUT2D eigenvalue weighted by Crippen LogP contribution is -2.19. The Balaban J connectivity index is 1.26. The molecule has 0 saturated carbocycles. The van der Waals surface area contributed by atoms with E-state index < -0.39 is 12.0 Å². The highest BCUT2D eigenvalue weighted by Gasteiger charge is 2.23. The molecule has 2 aliphatic heterocycles. The molecule has 0 unspecified atom stereocenters. The van der Waals surface area contributed by atoms with Crippen molar-refractivity contribution in [3.05, 3.63) is 59.2 Å². The molecule has 2 N–H and O–H groups in total. The highest BCUT2D eigenvalue weighted by molar-refractivity contribution is 5.68. The van der Waals surface area contributed by atoms with Crippen LogP contribution in [-0.4, -0.2) is 50.6 Å². The fourth-order valence-electron chi connectivity index (χ4n) is 4.30. The Labute approximate surface area is 191 Å². The minimum absolute atomic E-state index is 0.103. The number of hydrogen-bond donors (Lipinski definition) is 2. The maximum absolute atomic E-state index is 11.6. The predicted octanol–water partition coefficient (Wildman–Crippen LogP) is 3.04. The number of pyridine rings is 2. The van der Waals surface area contributed by atoms with Crippen LogP contribution in [-0.2, 0) is 24.1 Å². The third-order valence-electron chi connectivity index (χ3n) is 5.97. The van der Waals surface area contributed by atoms with E-state index in [1.165, 1.54) is 5.56 Å². The summed E-state index contributed by atoms with van der Waals surface area (Å²) >= 11 is 0. The molecule has 0 fully saturated rings. The van der Waals surface area contributed by atoms with Gasteiger partial charge in [0.2, 0.25) is 0 Å². The fraction of sp³-hybridized carbons (Fsp3) is 0.417. The van der Waals surface area contributed by atoms with E-state index >= 15 is 0 Å². The van der Waals surface area contributed by atoms with Crippen molar-refractivity contribution in [2.45, 2.75) is 44.6 Å². The molecule has 0 bridgehead atoms. The molecule has 9 nitrogen and oxygen atoms in total. The van der Waals surface area contributed by atoms with Gasteiger partial charge in [0.25, 0.3) is 5.88 Å². The van der Waals surface area contributed by atoms with Gasteiger partial charge in [0.05, 0.1) is 18.2 Å². The van der Waals surface area contributed by atoms with E-state index in [4.69, 9.17) is 14.5 Å². The topological polar surface area (TPSA) is 111 Å². The van der Waals surface area contributed by atoms with E-state index in [9.17, 15) is 9.90 Å². The number of aliphatic carboxylic acids is 1. The Bertz CT molecular complexity index is 1150. The normalized spacial score (nSPS) is 15.4. The summed E-state index contributed by atoms with van der Waals surface area (Å²) in [5.41, 5.74) is 4.02. The van der Waals surface area contributed by atoms with Gasteiger partial charge in [0.1, 0.15) is 19.0 Å². The molecule has 0 amide bonds. The summed E-state index contributed by atoms with van der Waals surface area (Å²) < 4.78 is 12.8. The first kappa shape index (κ1) is 21.2. The second-order valence-electron chi connectivity index (χ2n) is 8.36. The summed E-state index contributed by atoms with van der Waals surface area (Å²) in [5, 5.41) is 17.5. The number of aromatic nitrogens is 4. The molecule has 0 radical (unpaired) electrons. The van der Waals surface area contributed by atoms with E-state index in [0.717, 1.165) is 61.4 Å². The van der Waals surface area contributed by atoms with Gasteiger partial charge in [-0.3, -0.25) is 9.48 Å². The van der Waals surface area contributed by atoms with Crippen molar-refractivity contribution in [1.82, 2.24) is 19.7 Å². The number of fused-ring (bicyclic) bond motifs is 2. The summed E-state index contributed by atoms with van der Waals surface area (Å²) in [7, 11) is 0. The Morgan fingerprint density at radius 3 is 2.97 bits per heavy atom. The maximum atomic E-state index is 11.6. The first-order valence-electron chi connectivity index (χ1n) is 11.4. The Kier molecular flexibility index (Phi) is 6.10. The van der Waals surface area contributed by atoms with Crippen LogP contribution in [0.1, 0.15) is 47.8 Å². The van der Waals surface area contributed by atoms with Crippen molar-refractivity contribution in [2.24, 2.45) is 0 Å². The van der Waals surface area contributed by atoms with E-state index in [2.05, 4.69) is 27.5 Å². The molecule has 5 rings (SSSR count). The molecule has 3 aromatic rings. The Morgan fingerprint density at radius 2 is 2.06 bits per heavy atom. The fourth-order valence-corrected chi connectivity index (χ4v) is 4.30. The van der Waals surface area contributed by atoms with Gasteiger partial charge in [-0.1, -0.05) is 6.07 Å². The number of aryl methyl sites for hydroxylation is 3. The number of rotatable bonds is 8. The van der Waals surface area contributed by atoms with Gasteiger partial charge >= 0.3 is 5.97 Å². The monoisotopic (exact) mass is 449 g/mol. The SMILES string of the molecule is O=C(O)C[C@H](c1cnc2c(c1)OCCO2)n1ccc(CCCc2ccc3c(n2)NCCC3)n1. The van der Waals surface area contributed by atoms with Gasteiger partial charge in [0.15, 0.2) is 5.75 Å². The van der Waals surface area contributed by atoms with Gasteiger partial charge in [-0.25, -0.2) is 9.97 Å². The third-order valence-corrected chi connectivity index (χ3v) is 5.97. The van der Waals surface area contributed by atoms with Gasteiger partial charge in [0, 0.05) is 24.6 Å². The minimum atomic E-state index is -0.904. The average Bonchev–Trinajstić information content (AvgIpc) is 3.30. The lowest BCUT2D eigenvalue weighted by Gasteiger charge is -2.21. The standard InChI is InChI=1S/C24H27N5O4/c30-22(31)14-20(17-13-21-24(26-15-17)33-12-11-32-21)29-10-8-19(28-29)5-1-4-18-7-6-16-3-2-9-25-23(16)27-18/h6-8,10,13,15,20H,1-5,9,11-12,14H2,(H,25,27)(H,30,31)/t20-/m1/s1. The molecule has 5 heterocycles. The number of carbonyl (C=O) groups is 1. The number of anilines is 1. The van der Waals surface area contributed by atoms with Gasteiger partial charge < -0.3 is 19.9 Å². The van der Waals surface area contributed by atoms with Crippen molar-refractivity contribution < 1.29 is 19.4 Å². The summed E-state index contributed by atoms with van der Waals surface area (Å²) in [6.45, 7) is 1.89. The van der Waals surface area contributed by atoms with Gasteiger partial charge in [-0.15, -0.1) is 0 Å². The summed E-state index contributed by atoms with van der Waals surface area (Å²) in [4.78, 5) is 20.6. The van der Waals surface area contributed by atoms with E-state index in [1.807, 2.05) is 12.3 Å². The number of ether oxygens (including phenoxy) is 2. The first-order chi connectivity index (χ1) is 16.2. The molecule has 0 spiro atoms. The van der Waals surface area contributed by atoms with Crippen LogP contribution in [0.25, 0.3) is 0 Å². The molecule has 172 valence electrons. The number of hydrogen-bond acceptors (Lipinski definition) is 7. The lowest BCUT2D eigenvalue weighted by molar-refractivity contribution is -0.137. The van der Waals surface area contributed by atoms with Gasteiger partial charge in [-0.05, 0) is 61.4 Å². The zero-order chi connectivity index (χ0) is 22.6. The third kappa shape index (κ3) is 4.92. The van der Waals surface area contributed by atoms with Crippen LogP contribution in [0.4, 0.5) is 5.82 Å². The van der Waals surface area contributed by atoms with Crippen LogP contribution < -0.4 is 14.8 Å².